The van der Waals surface area contributed by atoms with Gasteiger partial charge in [0.25, 0.3) is 0 Å². The van der Waals surface area contributed by atoms with Gasteiger partial charge in [-0.1, -0.05) is 35.3 Å². The van der Waals surface area contributed by atoms with Gasteiger partial charge in [-0.15, -0.1) is 0 Å². The van der Waals surface area contributed by atoms with Crippen molar-refractivity contribution >= 4 is 40.7 Å². The molecule has 0 fully saturated rings. The van der Waals surface area contributed by atoms with Crippen LogP contribution in [0.4, 0.5) is 10.1 Å². The Morgan fingerprint density at radius 2 is 1.79 bits per heavy atom. The van der Waals surface area contributed by atoms with E-state index in [1.165, 1.54) is 19.1 Å². The number of halogens is 3. The summed E-state index contributed by atoms with van der Waals surface area (Å²) in [5.41, 5.74) is 1.05. The van der Waals surface area contributed by atoms with E-state index < -0.39 is 11.9 Å². The highest BCUT2D eigenvalue weighted by Crippen LogP contribution is 2.24. The lowest BCUT2D eigenvalue weighted by atomic mass is 10.0. The van der Waals surface area contributed by atoms with Gasteiger partial charge in [0.1, 0.15) is 5.82 Å². The highest BCUT2D eigenvalue weighted by atomic mass is 35.5. The third-order valence-electron chi connectivity index (χ3n) is 3.24. The first kappa shape index (κ1) is 18.2. The number of anilines is 1. The van der Waals surface area contributed by atoms with Crippen molar-refractivity contribution in [2.24, 2.45) is 0 Å². The van der Waals surface area contributed by atoms with Crippen LogP contribution in [-0.4, -0.2) is 11.8 Å². The molecule has 0 aliphatic rings. The summed E-state index contributed by atoms with van der Waals surface area (Å²) in [6.45, 7) is 1.37. The van der Waals surface area contributed by atoms with Crippen LogP contribution in [0.15, 0.2) is 42.5 Å². The summed E-state index contributed by atoms with van der Waals surface area (Å²) in [5.74, 6) is -1.12. The second kappa shape index (κ2) is 8.13. The Morgan fingerprint density at radius 1 is 1.12 bits per heavy atom. The van der Waals surface area contributed by atoms with Crippen LogP contribution in [0.25, 0.3) is 0 Å². The Morgan fingerprint density at radius 3 is 2.38 bits per heavy atom. The van der Waals surface area contributed by atoms with Crippen molar-refractivity contribution < 1.29 is 14.0 Å². The smallest absolute Gasteiger partial charge is 0.226 e. The molecule has 24 heavy (non-hydrogen) atoms. The summed E-state index contributed by atoms with van der Waals surface area (Å²) < 4.78 is 13.0. The van der Waals surface area contributed by atoms with E-state index in [1.54, 1.807) is 24.3 Å². The summed E-state index contributed by atoms with van der Waals surface area (Å²) in [5, 5.41) is 5.99. The zero-order valence-corrected chi connectivity index (χ0v) is 14.3. The molecule has 1 atom stereocenters. The minimum atomic E-state index is -0.515. The van der Waals surface area contributed by atoms with Crippen LogP contribution in [0.2, 0.25) is 10.0 Å². The SMILES string of the molecule is CC(=O)NC(CC(=O)Nc1ccc(F)cc1Cl)c1ccc(Cl)cc1. The van der Waals surface area contributed by atoms with Crippen LogP contribution in [-0.2, 0) is 9.59 Å². The Labute approximate surface area is 149 Å². The van der Waals surface area contributed by atoms with E-state index >= 15 is 0 Å². The first-order valence-corrected chi connectivity index (χ1v) is 7.88. The second-order valence-corrected chi connectivity index (χ2v) is 6.02. The normalized spacial score (nSPS) is 11.7. The van der Waals surface area contributed by atoms with Crippen LogP contribution < -0.4 is 10.6 Å². The lowest BCUT2D eigenvalue weighted by molar-refractivity contribution is -0.120. The Balaban J connectivity index is 2.12. The molecule has 0 heterocycles. The fraction of sp³-hybridized carbons (Fsp3) is 0.176. The van der Waals surface area contributed by atoms with Crippen LogP contribution >= 0.6 is 23.2 Å². The molecule has 0 radical (unpaired) electrons. The molecule has 126 valence electrons. The number of hydrogen-bond acceptors (Lipinski definition) is 2. The van der Waals surface area contributed by atoms with Crippen molar-refractivity contribution in [2.45, 2.75) is 19.4 Å². The van der Waals surface area contributed by atoms with E-state index in [0.29, 0.717) is 10.7 Å². The maximum atomic E-state index is 13.0. The average Bonchev–Trinajstić information content (AvgIpc) is 2.50. The summed E-state index contributed by atoms with van der Waals surface area (Å²) in [4.78, 5) is 23.6. The molecule has 1 unspecified atom stereocenters. The van der Waals surface area contributed by atoms with Gasteiger partial charge in [0.15, 0.2) is 0 Å². The van der Waals surface area contributed by atoms with Crippen molar-refractivity contribution in [2.75, 3.05) is 5.32 Å². The predicted molar refractivity (Wildman–Crippen MR) is 92.7 cm³/mol. The largest absolute Gasteiger partial charge is 0.349 e. The first-order valence-electron chi connectivity index (χ1n) is 7.12. The molecule has 0 spiro atoms. The maximum Gasteiger partial charge on any atom is 0.226 e. The number of amides is 2. The van der Waals surface area contributed by atoms with Crippen LogP contribution in [0.3, 0.4) is 0 Å². The molecule has 0 aromatic heterocycles. The third-order valence-corrected chi connectivity index (χ3v) is 3.81. The monoisotopic (exact) mass is 368 g/mol. The molecule has 0 aliphatic heterocycles. The van der Waals surface area contributed by atoms with Crippen molar-refractivity contribution in [3.8, 4) is 0 Å². The fourth-order valence-electron chi connectivity index (χ4n) is 2.17. The van der Waals surface area contributed by atoms with Crippen LogP contribution in [0.5, 0.6) is 0 Å². The van der Waals surface area contributed by atoms with Gasteiger partial charge in [0, 0.05) is 11.9 Å². The highest BCUT2D eigenvalue weighted by Gasteiger charge is 2.18. The first-order chi connectivity index (χ1) is 11.3. The second-order valence-electron chi connectivity index (χ2n) is 5.18. The lowest BCUT2D eigenvalue weighted by Gasteiger charge is -2.18. The van der Waals surface area contributed by atoms with Crippen molar-refractivity contribution in [3.63, 3.8) is 0 Å². The number of carbonyl (C=O) groups is 2. The topological polar surface area (TPSA) is 58.2 Å². The number of benzene rings is 2. The van der Waals surface area contributed by atoms with Crippen molar-refractivity contribution in [1.82, 2.24) is 5.32 Å². The Hall–Kier alpha value is -2.11. The number of rotatable bonds is 5. The van der Waals surface area contributed by atoms with Crippen molar-refractivity contribution in [1.29, 1.82) is 0 Å². The van der Waals surface area contributed by atoms with E-state index in [0.717, 1.165) is 11.6 Å². The number of carbonyl (C=O) groups excluding carboxylic acids is 2. The summed E-state index contributed by atoms with van der Waals surface area (Å²) in [7, 11) is 0. The molecule has 0 aliphatic carbocycles. The van der Waals surface area contributed by atoms with Crippen LogP contribution in [0.1, 0.15) is 24.9 Å². The minimum Gasteiger partial charge on any atom is -0.349 e. The van der Waals surface area contributed by atoms with Crippen LogP contribution in [0, 0.1) is 5.82 Å². The number of nitrogens with one attached hydrogen (secondary N) is 2. The maximum absolute atomic E-state index is 13.0. The van der Waals surface area contributed by atoms with Gasteiger partial charge in [-0.05, 0) is 35.9 Å². The summed E-state index contributed by atoms with van der Waals surface area (Å²) in [6, 6.07) is 10.0. The zero-order chi connectivity index (χ0) is 17.7. The Bertz CT molecular complexity index is 751. The molecular formula is C17H15Cl2FN2O2. The van der Waals surface area contributed by atoms with E-state index in [4.69, 9.17) is 23.2 Å². The Kier molecular flexibility index (Phi) is 6.17. The van der Waals surface area contributed by atoms with Gasteiger partial charge in [-0.3, -0.25) is 9.59 Å². The van der Waals surface area contributed by atoms with Gasteiger partial charge in [-0.25, -0.2) is 4.39 Å². The van der Waals surface area contributed by atoms with E-state index in [2.05, 4.69) is 10.6 Å². The van der Waals surface area contributed by atoms with Gasteiger partial charge in [0.2, 0.25) is 11.8 Å². The number of hydrogen-bond donors (Lipinski definition) is 2. The van der Waals surface area contributed by atoms with E-state index in [9.17, 15) is 14.0 Å². The average molecular weight is 369 g/mol. The molecule has 2 aromatic carbocycles. The molecule has 7 heteroatoms. The summed E-state index contributed by atoms with van der Waals surface area (Å²) >= 11 is 11.7. The molecule has 4 nitrogen and oxygen atoms in total. The molecule has 2 aromatic rings. The predicted octanol–water partition coefficient (Wildman–Crippen LogP) is 4.34. The molecule has 2 amide bonds. The van der Waals surface area contributed by atoms with Gasteiger partial charge >= 0.3 is 0 Å². The molecular weight excluding hydrogens is 354 g/mol. The standard InChI is InChI=1S/C17H15Cl2FN2O2/c1-10(23)21-16(11-2-4-12(18)5-3-11)9-17(24)22-15-7-6-13(20)8-14(15)19/h2-8,16H,9H2,1H3,(H,21,23)(H,22,24). The van der Waals surface area contributed by atoms with Crippen molar-refractivity contribution in [3.05, 3.63) is 63.9 Å². The molecule has 2 N–H and O–H groups in total. The van der Waals surface area contributed by atoms with Gasteiger partial charge < -0.3 is 10.6 Å². The molecule has 0 saturated carbocycles. The quantitative estimate of drug-likeness (QED) is 0.824. The fourth-order valence-corrected chi connectivity index (χ4v) is 2.51. The lowest BCUT2D eigenvalue weighted by Crippen LogP contribution is -2.29. The molecule has 0 bridgehead atoms. The van der Waals surface area contributed by atoms with E-state index in [1.807, 2.05) is 0 Å². The van der Waals surface area contributed by atoms with Gasteiger partial charge in [0.05, 0.1) is 23.2 Å². The van der Waals surface area contributed by atoms with E-state index in [-0.39, 0.29) is 23.3 Å². The highest BCUT2D eigenvalue weighted by molar-refractivity contribution is 6.33. The third kappa shape index (κ3) is 5.22. The van der Waals surface area contributed by atoms with Gasteiger partial charge in [-0.2, -0.15) is 0 Å². The molecule has 2 rings (SSSR count). The summed E-state index contributed by atoms with van der Waals surface area (Å²) in [6.07, 6.45) is -0.00504. The zero-order valence-electron chi connectivity index (χ0n) is 12.8. The minimum absolute atomic E-state index is 0.00504. The molecule has 0 saturated heterocycles.